The van der Waals surface area contributed by atoms with Crippen LogP contribution < -0.4 is 4.72 Å². The van der Waals surface area contributed by atoms with Crippen LogP contribution in [-0.2, 0) is 14.8 Å². The van der Waals surface area contributed by atoms with Gasteiger partial charge in [0, 0.05) is 5.54 Å². The van der Waals surface area contributed by atoms with Crippen LogP contribution in [0.25, 0.3) is 0 Å². The van der Waals surface area contributed by atoms with Crippen LogP contribution in [0.1, 0.15) is 20.3 Å². The lowest BCUT2D eigenvalue weighted by Gasteiger charge is -2.23. The summed E-state index contributed by atoms with van der Waals surface area (Å²) in [4.78, 5) is 16.6. The SMILES string of the molecule is CC(C)(CC(=O)O)NS(=O)(=O)c1cnc[nH]1. The maximum Gasteiger partial charge on any atom is 0.305 e. The molecule has 0 aromatic carbocycles. The molecule has 0 radical (unpaired) electrons. The highest BCUT2D eigenvalue weighted by Crippen LogP contribution is 2.13. The van der Waals surface area contributed by atoms with E-state index in [2.05, 4.69) is 14.7 Å². The molecule has 1 rings (SSSR count). The van der Waals surface area contributed by atoms with E-state index >= 15 is 0 Å². The number of sulfonamides is 1. The number of aromatic nitrogens is 2. The Hall–Kier alpha value is -1.41. The first-order chi connectivity index (χ1) is 7.23. The van der Waals surface area contributed by atoms with Gasteiger partial charge in [-0.3, -0.25) is 4.79 Å². The molecular weight excluding hydrogens is 234 g/mol. The molecule has 0 fully saturated rings. The second-order valence-electron chi connectivity index (χ2n) is 3.98. The van der Waals surface area contributed by atoms with E-state index in [1.165, 1.54) is 20.2 Å². The third kappa shape index (κ3) is 3.31. The number of carboxylic acid groups (broad SMARTS) is 1. The highest BCUT2D eigenvalue weighted by Gasteiger charge is 2.29. The molecule has 0 saturated carbocycles. The minimum Gasteiger partial charge on any atom is -0.481 e. The van der Waals surface area contributed by atoms with Crippen molar-refractivity contribution in [1.29, 1.82) is 0 Å². The molecule has 1 aromatic rings. The van der Waals surface area contributed by atoms with E-state index in [0.29, 0.717) is 0 Å². The monoisotopic (exact) mass is 247 g/mol. The Labute approximate surface area is 93.0 Å². The van der Waals surface area contributed by atoms with E-state index in [-0.39, 0.29) is 11.4 Å². The molecule has 0 unspecified atom stereocenters. The van der Waals surface area contributed by atoms with E-state index in [1.54, 1.807) is 0 Å². The summed E-state index contributed by atoms with van der Waals surface area (Å²) in [6, 6.07) is 0. The smallest absolute Gasteiger partial charge is 0.305 e. The first-order valence-corrected chi connectivity index (χ1v) is 5.95. The van der Waals surface area contributed by atoms with Crippen LogP contribution in [-0.4, -0.2) is 35.0 Å². The zero-order chi connectivity index (χ0) is 12.4. The molecule has 0 aliphatic rings. The lowest BCUT2D eigenvalue weighted by atomic mass is 10.0. The molecule has 1 aromatic heterocycles. The van der Waals surface area contributed by atoms with Crippen LogP contribution >= 0.6 is 0 Å². The molecule has 3 N–H and O–H groups in total. The van der Waals surface area contributed by atoms with Crippen molar-refractivity contribution in [3.63, 3.8) is 0 Å². The van der Waals surface area contributed by atoms with E-state index in [0.717, 1.165) is 6.20 Å². The average Bonchev–Trinajstić information content (AvgIpc) is 2.48. The van der Waals surface area contributed by atoms with Crippen molar-refractivity contribution < 1.29 is 18.3 Å². The summed E-state index contributed by atoms with van der Waals surface area (Å²) >= 11 is 0. The van der Waals surface area contributed by atoms with Crippen molar-refractivity contribution in [2.45, 2.75) is 30.8 Å². The predicted molar refractivity (Wildman–Crippen MR) is 55.2 cm³/mol. The number of imidazole rings is 1. The Balaban J connectivity index is 2.85. The molecule has 0 amide bonds. The maximum absolute atomic E-state index is 11.7. The Morgan fingerprint density at radius 3 is 2.69 bits per heavy atom. The Kier molecular flexibility index (Phi) is 3.34. The van der Waals surface area contributed by atoms with Gasteiger partial charge in [0.1, 0.15) is 0 Å². The summed E-state index contributed by atoms with van der Waals surface area (Å²) in [5.74, 6) is -1.07. The lowest BCUT2D eigenvalue weighted by Crippen LogP contribution is -2.44. The molecule has 90 valence electrons. The fourth-order valence-electron chi connectivity index (χ4n) is 1.22. The molecule has 0 aliphatic heterocycles. The van der Waals surface area contributed by atoms with Crippen molar-refractivity contribution in [1.82, 2.24) is 14.7 Å². The van der Waals surface area contributed by atoms with Gasteiger partial charge in [0.2, 0.25) is 0 Å². The van der Waals surface area contributed by atoms with Crippen LogP contribution in [0.3, 0.4) is 0 Å². The summed E-state index contributed by atoms with van der Waals surface area (Å²) in [6.07, 6.45) is 2.08. The molecule has 16 heavy (non-hydrogen) atoms. The predicted octanol–water partition coefficient (Wildman–Crippen LogP) is -0.0587. The van der Waals surface area contributed by atoms with Gasteiger partial charge in [-0.1, -0.05) is 0 Å². The standard InChI is InChI=1S/C8H13N3O4S/c1-8(2,3-7(12)13)11-16(14,15)6-4-9-5-10-6/h4-5,11H,3H2,1-2H3,(H,9,10)(H,12,13). The minimum absolute atomic E-state index is 0.0917. The summed E-state index contributed by atoms with van der Waals surface area (Å²) < 4.78 is 25.7. The second-order valence-corrected chi connectivity index (χ2v) is 5.63. The number of nitrogens with one attached hydrogen (secondary N) is 2. The van der Waals surface area contributed by atoms with E-state index in [9.17, 15) is 13.2 Å². The molecule has 7 nitrogen and oxygen atoms in total. The number of aliphatic carboxylic acids is 1. The molecule has 8 heteroatoms. The zero-order valence-electron chi connectivity index (χ0n) is 8.89. The third-order valence-corrected chi connectivity index (χ3v) is 3.39. The number of carboxylic acids is 1. The van der Waals surface area contributed by atoms with E-state index < -0.39 is 21.5 Å². The third-order valence-electron chi connectivity index (χ3n) is 1.77. The molecule has 0 spiro atoms. The number of rotatable bonds is 5. The number of hydrogen-bond acceptors (Lipinski definition) is 4. The molecule has 0 aliphatic carbocycles. The Bertz CT molecular complexity index is 463. The highest BCUT2D eigenvalue weighted by molar-refractivity contribution is 7.89. The van der Waals surface area contributed by atoms with Crippen molar-refractivity contribution in [2.75, 3.05) is 0 Å². The van der Waals surface area contributed by atoms with Gasteiger partial charge in [-0.2, -0.15) is 0 Å². The zero-order valence-corrected chi connectivity index (χ0v) is 9.71. The molecule has 0 bridgehead atoms. The van der Waals surface area contributed by atoms with Crippen LogP contribution in [0, 0.1) is 0 Å². The number of hydrogen-bond donors (Lipinski definition) is 3. The Morgan fingerprint density at radius 2 is 2.25 bits per heavy atom. The second kappa shape index (κ2) is 4.22. The van der Waals surface area contributed by atoms with Crippen molar-refractivity contribution in [2.24, 2.45) is 0 Å². The Morgan fingerprint density at radius 1 is 1.62 bits per heavy atom. The van der Waals surface area contributed by atoms with Gasteiger partial charge in [-0.15, -0.1) is 0 Å². The van der Waals surface area contributed by atoms with Crippen molar-refractivity contribution >= 4 is 16.0 Å². The summed E-state index contributed by atoms with van der Waals surface area (Å²) in [7, 11) is -3.75. The van der Waals surface area contributed by atoms with Gasteiger partial charge in [0.25, 0.3) is 10.0 Å². The number of H-pyrrole nitrogens is 1. The van der Waals surface area contributed by atoms with E-state index in [1.807, 2.05) is 0 Å². The van der Waals surface area contributed by atoms with Gasteiger partial charge < -0.3 is 10.1 Å². The van der Waals surface area contributed by atoms with Gasteiger partial charge in [0.05, 0.1) is 18.9 Å². The lowest BCUT2D eigenvalue weighted by molar-refractivity contribution is -0.138. The van der Waals surface area contributed by atoms with Crippen molar-refractivity contribution in [3.05, 3.63) is 12.5 Å². The van der Waals surface area contributed by atoms with Crippen LogP contribution in [0.4, 0.5) is 0 Å². The highest BCUT2D eigenvalue weighted by atomic mass is 32.2. The molecule has 0 atom stereocenters. The van der Waals surface area contributed by atoms with Crippen molar-refractivity contribution in [3.8, 4) is 0 Å². The number of aromatic amines is 1. The van der Waals surface area contributed by atoms with Gasteiger partial charge in [-0.05, 0) is 13.8 Å². The normalized spacial score (nSPS) is 12.6. The van der Waals surface area contributed by atoms with Gasteiger partial charge in [0.15, 0.2) is 5.03 Å². The molecular formula is C8H13N3O4S. The summed E-state index contributed by atoms with van der Waals surface area (Å²) in [6.45, 7) is 2.99. The van der Waals surface area contributed by atoms with Crippen LogP contribution in [0.15, 0.2) is 17.6 Å². The fourth-order valence-corrected chi connectivity index (χ4v) is 2.54. The first-order valence-electron chi connectivity index (χ1n) is 4.47. The summed E-state index contributed by atoms with van der Waals surface area (Å²) in [5, 5.41) is 8.53. The van der Waals surface area contributed by atoms with E-state index in [4.69, 9.17) is 5.11 Å². The quantitative estimate of drug-likeness (QED) is 0.674. The summed E-state index contributed by atoms with van der Waals surface area (Å²) in [5.41, 5.74) is -1.06. The molecule has 0 saturated heterocycles. The maximum atomic E-state index is 11.7. The molecule has 1 heterocycles. The average molecular weight is 247 g/mol. The van der Waals surface area contributed by atoms with Crippen LogP contribution in [0.5, 0.6) is 0 Å². The largest absolute Gasteiger partial charge is 0.481 e. The van der Waals surface area contributed by atoms with Crippen LogP contribution in [0.2, 0.25) is 0 Å². The fraction of sp³-hybridized carbons (Fsp3) is 0.500. The first kappa shape index (κ1) is 12.7. The topological polar surface area (TPSA) is 112 Å². The van der Waals surface area contributed by atoms with Gasteiger partial charge >= 0.3 is 5.97 Å². The van der Waals surface area contributed by atoms with Gasteiger partial charge in [-0.25, -0.2) is 18.1 Å². The number of carbonyl (C=O) groups is 1. The number of nitrogens with zero attached hydrogens (tertiary/aromatic N) is 1. The minimum atomic E-state index is -3.75.